The monoisotopic (exact) mass is 265 g/mol. The van der Waals surface area contributed by atoms with Crippen molar-refractivity contribution in [2.45, 2.75) is 31.6 Å². The molecule has 0 unspecified atom stereocenters. The van der Waals surface area contributed by atoms with Crippen LogP contribution in [0.15, 0.2) is 42.5 Å². The number of hydrogen-bond acceptors (Lipinski definition) is 1. The van der Waals surface area contributed by atoms with Crippen LogP contribution in [0.3, 0.4) is 0 Å². The number of rotatable bonds is 3. The molecule has 0 bridgehead atoms. The first-order valence-corrected chi connectivity index (χ1v) is 8.09. The molecule has 0 radical (unpaired) electrons. The second-order valence-corrected chi connectivity index (χ2v) is 6.62. The summed E-state index contributed by atoms with van der Waals surface area (Å²) >= 11 is 0. The lowest BCUT2D eigenvalue weighted by atomic mass is 9.88. The van der Waals surface area contributed by atoms with Crippen molar-refractivity contribution in [3.63, 3.8) is 0 Å². The predicted molar refractivity (Wildman–Crippen MR) is 85.1 cm³/mol. The van der Waals surface area contributed by atoms with E-state index in [4.69, 9.17) is 0 Å². The van der Waals surface area contributed by atoms with Gasteiger partial charge in [-0.1, -0.05) is 42.5 Å². The average molecular weight is 265 g/mol. The lowest BCUT2D eigenvalue weighted by Gasteiger charge is -2.32. The highest BCUT2D eigenvalue weighted by Gasteiger charge is 2.27. The Morgan fingerprint density at radius 1 is 0.850 bits per heavy atom. The standard InChI is InChI=1S/C19H23N/c1-2-4-18-13-19(8-7-16(18)3-1)17-9-11-20(12-10-17)14-15-5-6-15/h1-4,7-8,13,15,17H,5-6,9-12,14H2. The third-order valence-corrected chi connectivity index (χ3v) is 5.05. The summed E-state index contributed by atoms with van der Waals surface area (Å²) < 4.78 is 0. The Hall–Kier alpha value is -1.34. The molecular weight excluding hydrogens is 242 g/mol. The fraction of sp³-hybridized carbons (Fsp3) is 0.474. The zero-order chi connectivity index (χ0) is 13.4. The van der Waals surface area contributed by atoms with Crippen molar-refractivity contribution in [1.82, 2.24) is 4.90 Å². The van der Waals surface area contributed by atoms with Crippen LogP contribution in [-0.4, -0.2) is 24.5 Å². The second kappa shape index (κ2) is 5.21. The molecule has 0 atom stereocenters. The van der Waals surface area contributed by atoms with Gasteiger partial charge in [0.25, 0.3) is 0 Å². The van der Waals surface area contributed by atoms with Crippen molar-refractivity contribution < 1.29 is 0 Å². The summed E-state index contributed by atoms with van der Waals surface area (Å²) in [7, 11) is 0. The van der Waals surface area contributed by atoms with Gasteiger partial charge in [0.15, 0.2) is 0 Å². The van der Waals surface area contributed by atoms with E-state index in [0.717, 1.165) is 11.8 Å². The van der Waals surface area contributed by atoms with Crippen LogP contribution in [0.1, 0.15) is 37.2 Å². The molecule has 1 aliphatic carbocycles. The van der Waals surface area contributed by atoms with E-state index < -0.39 is 0 Å². The Bertz CT molecular complexity index is 591. The highest BCUT2D eigenvalue weighted by Crippen LogP contribution is 2.34. The normalized spacial score (nSPS) is 21.4. The molecule has 0 N–H and O–H groups in total. The van der Waals surface area contributed by atoms with Crippen LogP contribution in [0.2, 0.25) is 0 Å². The van der Waals surface area contributed by atoms with Gasteiger partial charge in [-0.15, -0.1) is 0 Å². The van der Waals surface area contributed by atoms with Gasteiger partial charge in [0.2, 0.25) is 0 Å². The van der Waals surface area contributed by atoms with Gasteiger partial charge in [-0.2, -0.15) is 0 Å². The predicted octanol–water partition coefficient (Wildman–Crippen LogP) is 4.43. The van der Waals surface area contributed by atoms with Crippen molar-refractivity contribution in [3.8, 4) is 0 Å². The molecule has 2 aliphatic rings. The molecule has 2 aromatic rings. The molecular formula is C19H23N. The van der Waals surface area contributed by atoms with Gasteiger partial charge in [-0.25, -0.2) is 0 Å². The topological polar surface area (TPSA) is 3.24 Å². The van der Waals surface area contributed by atoms with E-state index in [1.54, 1.807) is 5.56 Å². The van der Waals surface area contributed by atoms with E-state index in [1.165, 1.54) is 56.1 Å². The van der Waals surface area contributed by atoms with E-state index in [1.807, 2.05) is 0 Å². The van der Waals surface area contributed by atoms with Gasteiger partial charge in [-0.3, -0.25) is 0 Å². The van der Waals surface area contributed by atoms with Gasteiger partial charge in [-0.05, 0) is 66.9 Å². The molecule has 1 saturated heterocycles. The van der Waals surface area contributed by atoms with E-state index in [-0.39, 0.29) is 0 Å². The molecule has 20 heavy (non-hydrogen) atoms. The molecule has 1 heterocycles. The molecule has 1 saturated carbocycles. The van der Waals surface area contributed by atoms with Gasteiger partial charge in [0.05, 0.1) is 0 Å². The summed E-state index contributed by atoms with van der Waals surface area (Å²) in [6.07, 6.45) is 5.63. The molecule has 0 spiro atoms. The minimum atomic E-state index is 0.773. The molecule has 1 heteroatoms. The Labute approximate surface area is 121 Å². The Morgan fingerprint density at radius 2 is 1.60 bits per heavy atom. The summed E-state index contributed by atoms with van der Waals surface area (Å²) in [5, 5.41) is 2.76. The zero-order valence-corrected chi connectivity index (χ0v) is 12.1. The summed E-state index contributed by atoms with van der Waals surface area (Å²) in [4.78, 5) is 2.69. The highest BCUT2D eigenvalue weighted by atomic mass is 15.1. The number of benzene rings is 2. The first-order valence-electron chi connectivity index (χ1n) is 8.09. The maximum absolute atomic E-state index is 2.69. The first-order chi connectivity index (χ1) is 9.88. The fourth-order valence-corrected chi connectivity index (χ4v) is 3.58. The van der Waals surface area contributed by atoms with Crippen molar-refractivity contribution in [1.29, 1.82) is 0 Å². The van der Waals surface area contributed by atoms with Crippen LogP contribution in [0.5, 0.6) is 0 Å². The van der Waals surface area contributed by atoms with Crippen molar-refractivity contribution >= 4 is 10.8 Å². The lowest BCUT2D eigenvalue weighted by Crippen LogP contribution is -2.34. The van der Waals surface area contributed by atoms with Crippen LogP contribution < -0.4 is 0 Å². The first kappa shape index (κ1) is 12.4. The van der Waals surface area contributed by atoms with Gasteiger partial charge < -0.3 is 4.90 Å². The fourth-order valence-electron chi connectivity index (χ4n) is 3.58. The minimum Gasteiger partial charge on any atom is -0.303 e. The van der Waals surface area contributed by atoms with Crippen molar-refractivity contribution in [2.24, 2.45) is 5.92 Å². The molecule has 104 valence electrons. The molecule has 2 aromatic carbocycles. The van der Waals surface area contributed by atoms with Gasteiger partial charge >= 0.3 is 0 Å². The summed E-state index contributed by atoms with van der Waals surface area (Å²) in [5.74, 6) is 1.81. The van der Waals surface area contributed by atoms with Crippen LogP contribution >= 0.6 is 0 Å². The maximum atomic E-state index is 2.69. The van der Waals surface area contributed by atoms with E-state index >= 15 is 0 Å². The average Bonchev–Trinajstić information content (AvgIpc) is 3.32. The third-order valence-electron chi connectivity index (χ3n) is 5.05. The SMILES string of the molecule is c1ccc2cc(C3CCN(CC4CC4)CC3)ccc2c1. The van der Waals surface area contributed by atoms with Crippen molar-refractivity contribution in [3.05, 3.63) is 48.0 Å². The quantitative estimate of drug-likeness (QED) is 0.793. The largest absolute Gasteiger partial charge is 0.303 e. The highest BCUT2D eigenvalue weighted by molar-refractivity contribution is 5.83. The Balaban J connectivity index is 1.46. The Morgan fingerprint density at radius 3 is 2.35 bits per heavy atom. The van der Waals surface area contributed by atoms with Gasteiger partial charge in [0.1, 0.15) is 0 Å². The molecule has 1 aliphatic heterocycles. The second-order valence-electron chi connectivity index (χ2n) is 6.62. The number of hydrogen-bond donors (Lipinski definition) is 0. The molecule has 0 amide bonds. The minimum absolute atomic E-state index is 0.773. The van der Waals surface area contributed by atoms with Crippen molar-refractivity contribution in [2.75, 3.05) is 19.6 Å². The van der Waals surface area contributed by atoms with Crippen LogP contribution in [0.4, 0.5) is 0 Å². The number of piperidine rings is 1. The summed E-state index contributed by atoms with van der Waals surface area (Å²) in [6.45, 7) is 3.96. The van der Waals surface area contributed by atoms with Crippen LogP contribution in [0.25, 0.3) is 10.8 Å². The molecule has 0 aromatic heterocycles. The van der Waals surface area contributed by atoms with E-state index in [9.17, 15) is 0 Å². The number of likely N-dealkylation sites (tertiary alicyclic amines) is 1. The maximum Gasteiger partial charge on any atom is 0.000967 e. The third kappa shape index (κ3) is 2.60. The molecule has 1 nitrogen and oxygen atoms in total. The van der Waals surface area contributed by atoms with Gasteiger partial charge in [0, 0.05) is 6.54 Å². The zero-order valence-electron chi connectivity index (χ0n) is 12.1. The molecule has 2 fully saturated rings. The molecule has 4 rings (SSSR count). The van der Waals surface area contributed by atoms with Crippen LogP contribution in [-0.2, 0) is 0 Å². The summed E-state index contributed by atoms with van der Waals surface area (Å²) in [5.41, 5.74) is 1.55. The lowest BCUT2D eigenvalue weighted by molar-refractivity contribution is 0.205. The number of nitrogens with zero attached hydrogens (tertiary/aromatic N) is 1. The van der Waals surface area contributed by atoms with Crippen LogP contribution in [0, 0.1) is 5.92 Å². The number of fused-ring (bicyclic) bond motifs is 1. The Kier molecular flexibility index (Phi) is 3.23. The smallest absolute Gasteiger partial charge is 0.000967 e. The summed E-state index contributed by atoms with van der Waals surface area (Å²) in [6, 6.07) is 15.8. The van der Waals surface area contributed by atoms with E-state index in [2.05, 4.69) is 47.4 Å². The van der Waals surface area contributed by atoms with E-state index in [0.29, 0.717) is 0 Å².